The number of hydrogen-bond acceptors (Lipinski definition) is 14. The van der Waals surface area contributed by atoms with Crippen LogP contribution >= 0.6 is 0 Å². The van der Waals surface area contributed by atoms with Crippen LogP contribution in [0.4, 0.5) is 0 Å². The first-order valence-corrected chi connectivity index (χ1v) is 17.7. The first kappa shape index (κ1) is 64.4. The minimum absolute atomic E-state index is 0. The molecule has 9 N–H and O–H groups in total. The van der Waals surface area contributed by atoms with Crippen LogP contribution in [0, 0.1) is 32.5 Å². The number of ether oxygens (including phenoxy) is 4. The number of rotatable bonds is 13. The number of methoxy groups -OCH3 is 4. The van der Waals surface area contributed by atoms with Crippen molar-refractivity contribution in [1.29, 1.82) is 10.8 Å². The quantitative estimate of drug-likeness (QED) is 0.0737. The summed E-state index contributed by atoms with van der Waals surface area (Å²) in [5.41, 5.74) is 18.8. The number of likely N-dealkylation sites (N-methyl/N-ethyl adjacent to an activating group) is 1. The van der Waals surface area contributed by atoms with E-state index < -0.39 is 0 Å². The lowest BCUT2D eigenvalue weighted by atomic mass is 9.99. The standard InChI is InChI=1S/C9H19N3O.2C8H17N3O.C7H15N3.C5H11N3O.CH4/c1-9(2,3)7-11-12(4)8(10)6-13-5;2*1-8(2,3)6-10-11-7(9)5-12-4;1-6(8)10-9-5-7(2,3)4;1-3-7-8-5(6)4-9-2;/h7,10H,6H2,1-5H3;2*6H,5H2,1-4H3,(H2,9,11);5H,1-4H3,(H2,8,10);3H,4H2,1-2H3,(H2,6,8);1H4/b10-8?,11-7+;2*10-6+;9-5+;7-3+;. The number of amidine groups is 5. The highest BCUT2D eigenvalue weighted by molar-refractivity contribution is 5.83. The van der Waals surface area contributed by atoms with Gasteiger partial charge in [-0.3, -0.25) is 21.3 Å². The van der Waals surface area contributed by atoms with Crippen molar-refractivity contribution in [3.05, 3.63) is 0 Å². The van der Waals surface area contributed by atoms with Crippen LogP contribution in [0.15, 0.2) is 40.8 Å². The number of nitrogens with one attached hydrogen (secondary N) is 3. The molecule has 0 radical (unpaired) electrons. The summed E-state index contributed by atoms with van der Waals surface area (Å²) >= 11 is 0. The van der Waals surface area contributed by atoms with Gasteiger partial charge in [0.25, 0.3) is 0 Å². The molecule has 0 aromatic rings. The second-order valence-electron chi connectivity index (χ2n) is 16.0. The summed E-state index contributed by atoms with van der Waals surface area (Å²) in [5.74, 6) is 1.87. The van der Waals surface area contributed by atoms with Crippen LogP contribution < -0.4 is 22.6 Å². The summed E-state index contributed by atoms with van der Waals surface area (Å²) in [5, 5.41) is 46.3. The molecule has 0 aromatic heterocycles. The van der Waals surface area contributed by atoms with E-state index in [9.17, 15) is 0 Å². The smallest absolute Gasteiger partial charge is 0.148 e. The first-order chi connectivity index (χ1) is 25.5. The van der Waals surface area contributed by atoms with Crippen molar-refractivity contribution in [2.24, 2.45) is 79.7 Å². The van der Waals surface area contributed by atoms with E-state index in [1.165, 1.54) is 12.1 Å². The highest BCUT2D eigenvalue weighted by Gasteiger charge is 2.08. The molecule has 0 spiro atoms. The van der Waals surface area contributed by atoms with Gasteiger partial charge < -0.3 is 36.1 Å². The predicted molar refractivity (Wildman–Crippen MR) is 247 cm³/mol. The van der Waals surface area contributed by atoms with Crippen molar-refractivity contribution in [2.45, 2.75) is 104 Å². The molecule has 0 saturated carbocycles. The topological polar surface area (TPSA) is 277 Å². The maximum absolute atomic E-state index is 7.49. The fourth-order valence-electron chi connectivity index (χ4n) is 2.08. The fraction of sp³-hybridized carbons (Fsp3) is 0.737. The first-order valence-electron chi connectivity index (χ1n) is 17.7. The molecule has 0 aliphatic heterocycles. The molecule has 0 saturated heterocycles. The Morgan fingerprint density at radius 1 is 0.596 bits per heavy atom. The second kappa shape index (κ2) is 37.1. The van der Waals surface area contributed by atoms with Crippen LogP contribution in [-0.2, 0) is 18.9 Å². The number of hydrazone groups is 2. The zero-order chi connectivity index (χ0) is 45.0. The third kappa shape index (κ3) is 69.9. The van der Waals surface area contributed by atoms with Gasteiger partial charge in [0.05, 0.1) is 0 Å². The van der Waals surface area contributed by atoms with Crippen molar-refractivity contribution >= 4 is 60.3 Å². The highest BCUT2D eigenvalue weighted by atomic mass is 16.5. The largest absolute Gasteiger partial charge is 0.386 e. The average Bonchev–Trinajstić information content (AvgIpc) is 3.02. The molecule has 0 heterocycles. The van der Waals surface area contributed by atoms with E-state index in [1.54, 1.807) is 67.1 Å². The normalized spacial score (nSPS) is 12.9. The van der Waals surface area contributed by atoms with Crippen molar-refractivity contribution < 1.29 is 18.9 Å². The number of nitrogens with zero attached hydrogens (tertiary/aromatic N) is 9. The summed E-state index contributed by atoms with van der Waals surface area (Å²) in [4.78, 5) is 0. The number of nitrogens with two attached hydrogens (primary N) is 3. The predicted octanol–water partition coefficient (Wildman–Crippen LogP) is 5.85. The molecule has 0 unspecified atom stereocenters. The maximum Gasteiger partial charge on any atom is 0.148 e. The van der Waals surface area contributed by atoms with E-state index in [0.29, 0.717) is 36.6 Å². The SMILES string of the molecule is C.C/C=N/NC(=N)COC.CC(N)=N/N=C/C(C)(C)C.COCC(=N)N(C)/N=C/C(C)(C)C.COCC(N)=N/N=C/C(C)(C)C.COCC(N)=N/N=C/C(C)(C)C. The zero-order valence-corrected chi connectivity index (χ0v) is 38.1. The molecule has 0 aliphatic carbocycles. The molecule has 0 amide bonds. The van der Waals surface area contributed by atoms with Crippen LogP contribution in [0.3, 0.4) is 0 Å². The molecule has 334 valence electrons. The van der Waals surface area contributed by atoms with Gasteiger partial charge in [-0.05, 0) is 35.5 Å². The molecule has 0 fully saturated rings. The van der Waals surface area contributed by atoms with Crippen LogP contribution in [0.1, 0.15) is 104 Å². The van der Waals surface area contributed by atoms with Gasteiger partial charge in [0, 0.05) is 66.6 Å². The lowest BCUT2D eigenvalue weighted by Crippen LogP contribution is -2.25. The monoisotopic (exact) mass is 814 g/mol. The van der Waals surface area contributed by atoms with Gasteiger partial charge in [0.15, 0.2) is 0 Å². The average molecular weight is 814 g/mol. The molecule has 57 heavy (non-hydrogen) atoms. The molecular formula is C38H83N15O4. The molecular weight excluding hydrogens is 731 g/mol. The minimum Gasteiger partial charge on any atom is -0.386 e. The van der Waals surface area contributed by atoms with Crippen LogP contribution in [0.2, 0.25) is 0 Å². The Kier molecular flexibility index (Phi) is 42.0. The van der Waals surface area contributed by atoms with Crippen molar-refractivity contribution in [3.63, 3.8) is 0 Å². The van der Waals surface area contributed by atoms with E-state index in [0.717, 1.165) is 0 Å². The third-order valence-corrected chi connectivity index (χ3v) is 4.41. The Morgan fingerprint density at radius 3 is 1.21 bits per heavy atom. The van der Waals surface area contributed by atoms with E-state index in [1.807, 2.05) is 47.8 Å². The third-order valence-electron chi connectivity index (χ3n) is 4.41. The second-order valence-corrected chi connectivity index (χ2v) is 16.0. The molecule has 19 heteroatoms. The molecule has 0 aromatic carbocycles. The molecule has 0 atom stereocenters. The summed E-state index contributed by atoms with van der Waals surface area (Å²) in [6, 6.07) is 0. The lowest BCUT2D eigenvalue weighted by molar-refractivity contribution is 0.233. The van der Waals surface area contributed by atoms with Crippen LogP contribution in [0.25, 0.3) is 0 Å². The minimum atomic E-state index is 0. The lowest BCUT2D eigenvalue weighted by Gasteiger charge is -2.16. The Labute approximate surface area is 345 Å². The maximum atomic E-state index is 7.49. The summed E-state index contributed by atoms with van der Waals surface area (Å²) in [6.07, 6.45) is 8.65. The molecule has 0 rings (SSSR count). The summed E-state index contributed by atoms with van der Waals surface area (Å²) in [7, 11) is 7.97. The molecule has 0 aliphatic rings. The zero-order valence-electron chi connectivity index (χ0n) is 38.1. The Bertz CT molecular complexity index is 1220. The van der Waals surface area contributed by atoms with Gasteiger partial charge in [-0.15, -0.1) is 15.3 Å². The van der Waals surface area contributed by atoms with Crippen molar-refractivity contribution in [1.82, 2.24) is 10.4 Å². The molecule has 19 nitrogen and oxygen atoms in total. The summed E-state index contributed by atoms with van der Waals surface area (Å²) in [6.45, 7) is 29.3. The van der Waals surface area contributed by atoms with Gasteiger partial charge in [0.1, 0.15) is 55.6 Å². The Morgan fingerprint density at radius 2 is 0.930 bits per heavy atom. The van der Waals surface area contributed by atoms with Gasteiger partial charge >= 0.3 is 0 Å². The van der Waals surface area contributed by atoms with Crippen molar-refractivity contribution in [2.75, 3.05) is 61.9 Å². The summed E-state index contributed by atoms with van der Waals surface area (Å²) < 4.78 is 19.0. The van der Waals surface area contributed by atoms with E-state index in [4.69, 9.17) is 42.2 Å². The molecule has 0 bridgehead atoms. The van der Waals surface area contributed by atoms with Crippen molar-refractivity contribution in [3.8, 4) is 0 Å². The van der Waals surface area contributed by atoms with Gasteiger partial charge in [0.2, 0.25) is 0 Å². The van der Waals surface area contributed by atoms with Crippen LogP contribution in [-0.4, -0.2) is 127 Å². The fourth-order valence-corrected chi connectivity index (χ4v) is 2.08. The Hall–Kier alpha value is -4.46. The highest BCUT2D eigenvalue weighted by Crippen LogP contribution is 2.10. The van der Waals surface area contributed by atoms with E-state index in [2.05, 4.69) is 92.5 Å². The van der Waals surface area contributed by atoms with Gasteiger partial charge in [-0.25, -0.2) is 0 Å². The van der Waals surface area contributed by atoms with Gasteiger partial charge in [-0.2, -0.15) is 25.5 Å². The van der Waals surface area contributed by atoms with E-state index >= 15 is 0 Å². The number of hydrogen-bond donors (Lipinski definition) is 6. The van der Waals surface area contributed by atoms with Crippen LogP contribution in [0.5, 0.6) is 0 Å². The van der Waals surface area contributed by atoms with Gasteiger partial charge in [-0.1, -0.05) is 90.5 Å². The van der Waals surface area contributed by atoms with E-state index in [-0.39, 0.29) is 48.1 Å². The Balaban J connectivity index is -0.000000143.